The lowest BCUT2D eigenvalue weighted by Crippen LogP contribution is -2.48. The lowest BCUT2D eigenvalue weighted by Gasteiger charge is -2.27. The molecule has 0 aliphatic carbocycles. The fraction of sp³-hybridized carbons (Fsp3) is 0.456. The maximum Gasteiger partial charge on any atom is 0.407 e. The molecular formula is C57H65ClF6N6O14S2. The number of nitrogens with one attached hydrogen (secondary N) is 3. The van der Waals surface area contributed by atoms with Gasteiger partial charge in [-0.1, -0.05) is 12.1 Å². The maximum absolute atomic E-state index is 14.5. The highest BCUT2D eigenvalue weighted by atomic mass is 35.5. The Morgan fingerprint density at radius 1 is 0.616 bits per heavy atom. The van der Waals surface area contributed by atoms with Crippen LogP contribution in [0.2, 0.25) is 0 Å². The third kappa shape index (κ3) is 18.6. The Morgan fingerprint density at radius 2 is 1.05 bits per heavy atom. The normalized spacial score (nSPS) is 18.2. The molecule has 20 nitrogen and oxygen atoms in total. The van der Waals surface area contributed by atoms with Crippen molar-refractivity contribution < 1.29 is 93.1 Å². The zero-order valence-corrected chi connectivity index (χ0v) is 49.8. The first-order valence-electron chi connectivity index (χ1n) is 27.0. The van der Waals surface area contributed by atoms with Gasteiger partial charge < -0.3 is 64.6 Å². The molecule has 8 rings (SSSR count). The van der Waals surface area contributed by atoms with Crippen LogP contribution in [-0.2, 0) is 68.9 Å². The summed E-state index contributed by atoms with van der Waals surface area (Å²) in [7, 11) is 0. The second-order valence-corrected chi connectivity index (χ2v) is 23.0. The quantitative estimate of drug-likeness (QED) is 0.0336. The Labute approximate surface area is 505 Å². The van der Waals surface area contributed by atoms with Crippen LogP contribution in [0.1, 0.15) is 69.7 Å². The number of rotatable bonds is 19. The molecule has 4 aliphatic heterocycles. The van der Waals surface area contributed by atoms with Crippen LogP contribution in [-0.4, -0.2) is 143 Å². The van der Waals surface area contributed by atoms with E-state index in [0.717, 1.165) is 11.6 Å². The Kier molecular flexibility index (Phi) is 24.3. The zero-order valence-electron chi connectivity index (χ0n) is 47.3. The Morgan fingerprint density at radius 3 is 1.49 bits per heavy atom. The van der Waals surface area contributed by atoms with Crippen LogP contribution >= 0.6 is 35.9 Å². The molecule has 86 heavy (non-hydrogen) atoms. The molecule has 4 heterocycles. The van der Waals surface area contributed by atoms with Crippen molar-refractivity contribution in [3.63, 3.8) is 0 Å². The first-order chi connectivity index (χ1) is 40.4. The number of thioether (sulfide) groups is 2. The van der Waals surface area contributed by atoms with Gasteiger partial charge in [0.2, 0.25) is 24.0 Å². The number of benzene rings is 4. The molecule has 0 bridgehead atoms. The van der Waals surface area contributed by atoms with Gasteiger partial charge in [0.25, 0.3) is 11.8 Å². The third-order valence-corrected chi connectivity index (χ3v) is 15.3. The first-order valence-corrected chi connectivity index (χ1v) is 29.1. The fourth-order valence-electron chi connectivity index (χ4n) is 8.97. The van der Waals surface area contributed by atoms with Gasteiger partial charge in [-0.3, -0.25) is 19.2 Å². The first kappa shape index (κ1) is 67.8. The van der Waals surface area contributed by atoms with Crippen LogP contribution < -0.4 is 40.6 Å². The van der Waals surface area contributed by atoms with Crippen molar-refractivity contribution in [1.82, 2.24) is 25.8 Å². The molecule has 4 aliphatic rings. The van der Waals surface area contributed by atoms with E-state index < -0.39 is 111 Å². The molecule has 6 atom stereocenters. The SMILES string of the molecule is CCOC(=O)C1COc2cc(CNC(=O)C3SCCN3C(=O)C[C@@H](Cc3cc(F)c(F)cc3F)NC(=O)OC(C)(C)C)ccc2O1.CCOC(=O)C1COc2cc(CNC(=O)C3SCCN3C(=O)C[C@H](N)Cc3cc(F)c(F)cc3F)ccc2O1.Cl. The largest absolute Gasteiger partial charge is 0.485 e. The van der Waals surface area contributed by atoms with Gasteiger partial charge in [-0.25, -0.2) is 40.7 Å². The minimum Gasteiger partial charge on any atom is -0.485 e. The average Bonchev–Trinajstić information content (AvgIpc) is 3.11. The molecule has 2 saturated heterocycles. The van der Waals surface area contributed by atoms with E-state index in [2.05, 4.69) is 16.0 Å². The smallest absolute Gasteiger partial charge is 0.407 e. The minimum absolute atomic E-state index is 0. The highest BCUT2D eigenvalue weighted by molar-refractivity contribution is 8.01. The van der Waals surface area contributed by atoms with E-state index in [1.165, 1.54) is 33.3 Å². The lowest BCUT2D eigenvalue weighted by atomic mass is 10.0. The summed E-state index contributed by atoms with van der Waals surface area (Å²) >= 11 is 2.55. The topological polar surface area (TPSA) is 253 Å². The number of hydrogen-bond donors (Lipinski definition) is 4. The summed E-state index contributed by atoms with van der Waals surface area (Å²) in [5.41, 5.74) is 6.16. The molecule has 0 spiro atoms. The number of nitrogens with two attached hydrogens (primary N) is 1. The predicted octanol–water partition coefficient (Wildman–Crippen LogP) is 6.56. The van der Waals surface area contributed by atoms with Crippen LogP contribution in [0.25, 0.3) is 0 Å². The summed E-state index contributed by atoms with van der Waals surface area (Å²) < 4.78 is 120. The number of hydrogen-bond acceptors (Lipinski definition) is 17. The summed E-state index contributed by atoms with van der Waals surface area (Å²) in [5, 5.41) is 6.49. The number of carbonyl (C=O) groups excluding carboxylic acids is 7. The molecule has 5 N–H and O–H groups in total. The third-order valence-electron chi connectivity index (χ3n) is 12.9. The number of alkyl carbamates (subject to hydrolysis) is 1. The second kappa shape index (κ2) is 30.9. The summed E-state index contributed by atoms with van der Waals surface area (Å²) in [4.78, 5) is 91.5. The number of fused-ring (bicyclic) bond motifs is 2. The van der Waals surface area contributed by atoms with Crippen molar-refractivity contribution in [2.24, 2.45) is 5.73 Å². The molecule has 29 heteroatoms. The Bertz CT molecular complexity index is 3130. The highest BCUT2D eigenvalue weighted by Gasteiger charge is 2.38. The Hall–Kier alpha value is -7.30. The molecule has 4 aromatic rings. The van der Waals surface area contributed by atoms with Gasteiger partial charge in [-0.05, 0) is 106 Å². The number of esters is 2. The number of amides is 5. The summed E-state index contributed by atoms with van der Waals surface area (Å²) in [6, 6.07) is 10.4. The van der Waals surface area contributed by atoms with Gasteiger partial charge in [-0.15, -0.1) is 35.9 Å². The number of carbonyl (C=O) groups is 7. The van der Waals surface area contributed by atoms with Crippen molar-refractivity contribution in [2.45, 2.75) is 114 Å². The maximum atomic E-state index is 14.5. The van der Waals surface area contributed by atoms with Gasteiger partial charge in [0.15, 0.2) is 57.0 Å². The number of nitrogens with zero attached hydrogens (tertiary/aromatic N) is 2. The summed E-state index contributed by atoms with van der Waals surface area (Å²) in [5.74, 6) is -7.27. The molecular weight excluding hydrogens is 1210 g/mol. The van der Waals surface area contributed by atoms with Crippen LogP contribution in [0.3, 0.4) is 0 Å². The monoisotopic (exact) mass is 1270 g/mol. The van der Waals surface area contributed by atoms with Gasteiger partial charge in [0.05, 0.1) is 13.2 Å². The Balaban J connectivity index is 0.000000275. The second-order valence-electron chi connectivity index (χ2n) is 20.6. The standard InChI is InChI=1S/C31H36F3N3O8S.C26H28F3N3O6S.ClH/c1-5-42-29(40)25-16-43-24-10-17(6-7-23(24)44-25)15-35-27(39)28-37(8-9-46-28)26(38)13-19(36-30(41)45-31(2,3)4)11-18-12-21(33)22(34)14-20(18)32;1-2-36-26(35)22-13-37-21-7-14(3-4-20(21)38-22)12-31-24(34)25-32(5-6-39-25)23(33)10-16(30)8-15-9-18(28)19(29)11-17(15)27;/h6-7,10,12,14,19,25,28H,5,8-9,11,13,15-16H2,1-4H3,(H,35,39)(H,36,41);3-4,7,9,11,16,22,25H,2,5-6,8,10,12-13,30H2,1H3,(H,31,34);1H/t19-,25?,28?;16-,22?,25?;/m11./s1. The van der Waals surface area contributed by atoms with Gasteiger partial charge in [0, 0.05) is 74.7 Å². The van der Waals surface area contributed by atoms with Crippen LogP contribution in [0.15, 0.2) is 60.7 Å². The minimum atomic E-state index is -1.36. The molecule has 4 unspecified atom stereocenters. The molecule has 2 fully saturated rings. The lowest BCUT2D eigenvalue weighted by molar-refractivity contribution is -0.154. The molecule has 468 valence electrons. The van der Waals surface area contributed by atoms with E-state index in [1.54, 1.807) is 71.0 Å². The van der Waals surface area contributed by atoms with Crippen molar-refractivity contribution in [2.75, 3.05) is 51.0 Å². The van der Waals surface area contributed by atoms with E-state index in [4.69, 9.17) is 38.9 Å². The molecule has 0 radical (unpaired) electrons. The van der Waals surface area contributed by atoms with E-state index in [9.17, 15) is 59.9 Å². The van der Waals surface area contributed by atoms with Crippen LogP contribution in [0, 0.1) is 34.9 Å². The van der Waals surface area contributed by atoms with Gasteiger partial charge in [-0.2, -0.15) is 0 Å². The van der Waals surface area contributed by atoms with E-state index in [-0.39, 0.29) is 101 Å². The van der Waals surface area contributed by atoms with Crippen molar-refractivity contribution in [1.29, 1.82) is 0 Å². The summed E-state index contributed by atoms with van der Waals surface area (Å²) in [6.07, 6.45) is -3.68. The zero-order chi connectivity index (χ0) is 61.7. The van der Waals surface area contributed by atoms with Crippen molar-refractivity contribution >= 4 is 77.6 Å². The fourth-order valence-corrected chi connectivity index (χ4v) is 11.3. The molecule has 4 aromatic carbocycles. The van der Waals surface area contributed by atoms with E-state index in [0.29, 0.717) is 64.8 Å². The van der Waals surface area contributed by atoms with Gasteiger partial charge >= 0.3 is 18.0 Å². The van der Waals surface area contributed by atoms with Crippen molar-refractivity contribution in [3.8, 4) is 23.0 Å². The summed E-state index contributed by atoms with van der Waals surface area (Å²) in [6.45, 7) is 9.57. The van der Waals surface area contributed by atoms with Crippen LogP contribution in [0.4, 0.5) is 31.1 Å². The van der Waals surface area contributed by atoms with Gasteiger partial charge in [0.1, 0.15) is 30.4 Å². The number of halogens is 7. The molecule has 0 saturated carbocycles. The van der Waals surface area contributed by atoms with Crippen molar-refractivity contribution in [3.05, 3.63) is 118 Å². The van der Waals surface area contributed by atoms with E-state index >= 15 is 0 Å². The predicted molar refractivity (Wildman–Crippen MR) is 303 cm³/mol. The van der Waals surface area contributed by atoms with E-state index in [1.807, 2.05) is 0 Å². The molecule has 0 aromatic heterocycles. The average molecular weight is 1270 g/mol. The number of ether oxygens (including phenoxy) is 7. The van der Waals surface area contributed by atoms with Crippen LogP contribution in [0.5, 0.6) is 23.0 Å². The highest BCUT2D eigenvalue weighted by Crippen LogP contribution is 2.35. The molecule has 5 amide bonds.